The zero-order valence-corrected chi connectivity index (χ0v) is 11.5. The number of rotatable bonds is 5. The number of nitrogens with one attached hydrogen (secondary N) is 1. The molecule has 2 rings (SSSR count). The Kier molecular flexibility index (Phi) is 4.69. The molecule has 0 fully saturated rings. The zero-order valence-electron chi connectivity index (χ0n) is 11.5. The minimum atomic E-state index is -0.461. The van der Waals surface area contributed by atoms with Crippen molar-refractivity contribution >= 4 is 0 Å². The molecule has 2 nitrogen and oxygen atoms in total. The second-order valence-electron chi connectivity index (χ2n) is 4.82. The van der Waals surface area contributed by atoms with E-state index in [1.165, 1.54) is 24.3 Å². The van der Waals surface area contributed by atoms with Crippen LogP contribution in [0.5, 0.6) is 11.5 Å². The lowest BCUT2D eigenvalue weighted by Crippen LogP contribution is -2.22. The van der Waals surface area contributed by atoms with Crippen molar-refractivity contribution in [3.05, 3.63) is 59.7 Å². The summed E-state index contributed by atoms with van der Waals surface area (Å²) in [5.74, 6) is -0.467. The summed E-state index contributed by atoms with van der Waals surface area (Å²) in [5, 5.41) is 3.21. The maximum Gasteiger partial charge on any atom is 0.167 e. The molecule has 0 heterocycles. The average Bonchev–Trinajstić information content (AvgIpc) is 2.39. The lowest BCUT2D eigenvalue weighted by molar-refractivity contribution is 0.428. The molecule has 106 valence electrons. The first-order valence-corrected chi connectivity index (χ1v) is 6.50. The van der Waals surface area contributed by atoms with Crippen LogP contribution in [0.25, 0.3) is 0 Å². The van der Waals surface area contributed by atoms with Crippen molar-refractivity contribution in [2.24, 2.45) is 0 Å². The fourth-order valence-electron chi connectivity index (χ4n) is 1.77. The number of hydrogen-bond donors (Lipinski definition) is 1. The summed E-state index contributed by atoms with van der Waals surface area (Å²) < 4.78 is 32.6. The second kappa shape index (κ2) is 6.48. The molecule has 0 bridgehead atoms. The van der Waals surface area contributed by atoms with Crippen molar-refractivity contribution in [1.82, 2.24) is 5.32 Å². The molecule has 0 aliphatic heterocycles. The Balaban J connectivity index is 2.25. The second-order valence-corrected chi connectivity index (χ2v) is 4.82. The molecule has 0 saturated carbocycles. The first-order valence-electron chi connectivity index (χ1n) is 6.50. The van der Waals surface area contributed by atoms with Crippen molar-refractivity contribution in [1.29, 1.82) is 0 Å². The molecule has 0 atom stereocenters. The van der Waals surface area contributed by atoms with E-state index in [4.69, 9.17) is 4.74 Å². The van der Waals surface area contributed by atoms with Gasteiger partial charge in [0, 0.05) is 24.2 Å². The van der Waals surface area contributed by atoms with Gasteiger partial charge in [0.15, 0.2) is 11.6 Å². The third-order valence-electron chi connectivity index (χ3n) is 2.77. The van der Waals surface area contributed by atoms with Gasteiger partial charge < -0.3 is 10.1 Å². The van der Waals surface area contributed by atoms with Gasteiger partial charge in [-0.3, -0.25) is 0 Å². The zero-order chi connectivity index (χ0) is 14.5. The molecule has 2 aromatic rings. The fourth-order valence-corrected chi connectivity index (χ4v) is 1.77. The lowest BCUT2D eigenvalue weighted by Gasteiger charge is -2.14. The van der Waals surface area contributed by atoms with E-state index in [1.54, 1.807) is 18.2 Å². The molecule has 0 spiro atoms. The summed E-state index contributed by atoms with van der Waals surface area (Å²) in [6, 6.07) is 10.7. The van der Waals surface area contributed by atoms with Gasteiger partial charge in [-0.25, -0.2) is 8.78 Å². The van der Waals surface area contributed by atoms with Crippen LogP contribution in [0.3, 0.4) is 0 Å². The Morgan fingerprint density at radius 3 is 2.55 bits per heavy atom. The largest absolute Gasteiger partial charge is 0.454 e. The van der Waals surface area contributed by atoms with E-state index in [1.807, 2.05) is 13.8 Å². The Morgan fingerprint density at radius 2 is 1.85 bits per heavy atom. The molecular weight excluding hydrogens is 260 g/mol. The summed E-state index contributed by atoms with van der Waals surface area (Å²) in [6.07, 6.45) is 0. The predicted octanol–water partition coefficient (Wildman–Crippen LogP) is 4.26. The summed E-state index contributed by atoms with van der Waals surface area (Å²) in [5.41, 5.74) is 0.697. The van der Waals surface area contributed by atoms with Crippen LogP contribution >= 0.6 is 0 Å². The van der Waals surface area contributed by atoms with Crippen molar-refractivity contribution in [2.45, 2.75) is 26.4 Å². The Morgan fingerprint density at radius 1 is 1.10 bits per heavy atom. The van der Waals surface area contributed by atoms with Crippen LogP contribution in [0.2, 0.25) is 0 Å². The summed E-state index contributed by atoms with van der Waals surface area (Å²) in [7, 11) is 0. The third kappa shape index (κ3) is 3.78. The van der Waals surface area contributed by atoms with Crippen LogP contribution in [0.15, 0.2) is 42.5 Å². The molecule has 0 aromatic heterocycles. The predicted molar refractivity (Wildman–Crippen MR) is 74.8 cm³/mol. The molecule has 2 aromatic carbocycles. The Bertz CT molecular complexity index is 584. The van der Waals surface area contributed by atoms with Gasteiger partial charge >= 0.3 is 0 Å². The topological polar surface area (TPSA) is 21.3 Å². The van der Waals surface area contributed by atoms with E-state index < -0.39 is 11.6 Å². The van der Waals surface area contributed by atoms with Crippen molar-refractivity contribution in [2.75, 3.05) is 0 Å². The molecule has 0 unspecified atom stereocenters. The summed E-state index contributed by atoms with van der Waals surface area (Å²) >= 11 is 0. The van der Waals surface area contributed by atoms with E-state index in [0.29, 0.717) is 12.1 Å². The smallest absolute Gasteiger partial charge is 0.167 e. The monoisotopic (exact) mass is 277 g/mol. The molecule has 4 heteroatoms. The Hall–Kier alpha value is -1.94. The van der Waals surface area contributed by atoms with Crippen molar-refractivity contribution in [3.8, 4) is 11.5 Å². The lowest BCUT2D eigenvalue weighted by atomic mass is 10.2. The van der Waals surface area contributed by atoms with Crippen LogP contribution in [-0.2, 0) is 6.54 Å². The van der Waals surface area contributed by atoms with Gasteiger partial charge in [-0.2, -0.15) is 0 Å². The number of ether oxygens (including phenoxy) is 1. The third-order valence-corrected chi connectivity index (χ3v) is 2.77. The molecule has 0 amide bonds. The van der Waals surface area contributed by atoms with Crippen molar-refractivity contribution in [3.63, 3.8) is 0 Å². The SMILES string of the molecule is CC(C)NCc1cccc(F)c1Oc1cccc(F)c1. The minimum Gasteiger partial charge on any atom is -0.454 e. The maximum absolute atomic E-state index is 13.9. The molecule has 0 aliphatic rings. The van der Waals surface area contributed by atoms with Crippen LogP contribution in [0.1, 0.15) is 19.4 Å². The molecule has 0 radical (unpaired) electrons. The van der Waals surface area contributed by atoms with E-state index in [-0.39, 0.29) is 17.5 Å². The van der Waals surface area contributed by atoms with Crippen LogP contribution in [-0.4, -0.2) is 6.04 Å². The van der Waals surface area contributed by atoms with Crippen LogP contribution < -0.4 is 10.1 Å². The van der Waals surface area contributed by atoms with Crippen LogP contribution in [0, 0.1) is 11.6 Å². The van der Waals surface area contributed by atoms with E-state index in [2.05, 4.69) is 5.32 Å². The maximum atomic E-state index is 13.9. The Labute approximate surface area is 117 Å². The standard InChI is InChI=1S/C16H17F2NO/c1-11(2)19-10-12-5-3-8-15(18)16(12)20-14-7-4-6-13(17)9-14/h3-9,11,19H,10H2,1-2H3. The molecule has 0 aliphatic carbocycles. The van der Waals surface area contributed by atoms with Crippen LogP contribution in [0.4, 0.5) is 8.78 Å². The molecule has 0 saturated heterocycles. The van der Waals surface area contributed by atoms with Crippen molar-refractivity contribution < 1.29 is 13.5 Å². The van der Waals surface area contributed by atoms with E-state index >= 15 is 0 Å². The minimum absolute atomic E-state index is 0.131. The van der Waals surface area contributed by atoms with Gasteiger partial charge in [-0.15, -0.1) is 0 Å². The number of benzene rings is 2. The van der Waals surface area contributed by atoms with E-state index in [0.717, 1.165) is 0 Å². The first-order chi connectivity index (χ1) is 9.56. The summed E-state index contributed by atoms with van der Waals surface area (Å²) in [4.78, 5) is 0. The normalized spacial score (nSPS) is 10.8. The highest BCUT2D eigenvalue weighted by atomic mass is 19.1. The van der Waals surface area contributed by atoms with E-state index in [9.17, 15) is 8.78 Å². The highest BCUT2D eigenvalue weighted by Gasteiger charge is 2.11. The first kappa shape index (κ1) is 14.5. The quantitative estimate of drug-likeness (QED) is 0.882. The average molecular weight is 277 g/mol. The van der Waals surface area contributed by atoms with Gasteiger partial charge in [-0.1, -0.05) is 32.0 Å². The summed E-state index contributed by atoms with van der Waals surface area (Å²) in [6.45, 7) is 4.50. The molecular formula is C16H17F2NO. The highest BCUT2D eigenvalue weighted by Crippen LogP contribution is 2.28. The van der Waals surface area contributed by atoms with Gasteiger partial charge in [0.05, 0.1) is 0 Å². The molecule has 20 heavy (non-hydrogen) atoms. The fraction of sp³-hybridized carbons (Fsp3) is 0.250. The number of para-hydroxylation sites is 1. The number of hydrogen-bond acceptors (Lipinski definition) is 2. The van der Waals surface area contributed by atoms with Gasteiger partial charge in [0.2, 0.25) is 0 Å². The highest BCUT2D eigenvalue weighted by molar-refractivity contribution is 5.39. The molecule has 1 N–H and O–H groups in total. The number of halogens is 2. The van der Waals surface area contributed by atoms with Gasteiger partial charge in [0.25, 0.3) is 0 Å². The van der Waals surface area contributed by atoms with Gasteiger partial charge in [-0.05, 0) is 18.2 Å². The van der Waals surface area contributed by atoms with Gasteiger partial charge in [0.1, 0.15) is 11.6 Å².